The monoisotopic (exact) mass is 673 g/mol. The largest absolute Gasteiger partial charge is 1.00 e. The molecular weight excluding hydrogens is 633 g/mol. The van der Waals surface area contributed by atoms with Crippen molar-refractivity contribution in [1.82, 2.24) is 19.6 Å². The Kier molecular flexibility index (Phi) is 13.8. The normalized spacial score (nSPS) is 10.9. The quantitative estimate of drug-likeness (QED) is 0.155. The zero-order chi connectivity index (χ0) is 34.6. The fraction of sp³-hybridized carbons (Fsp3) is 0.412. The molecule has 0 spiro atoms. The van der Waals surface area contributed by atoms with Crippen molar-refractivity contribution in [3.05, 3.63) is 86.7 Å². The van der Waals surface area contributed by atoms with Crippen molar-refractivity contribution in [2.45, 2.75) is 97.5 Å². The van der Waals surface area contributed by atoms with Crippen molar-refractivity contribution in [3.63, 3.8) is 0 Å². The lowest BCUT2D eigenvalue weighted by atomic mass is 10.2. The molecular formula is C34H41F4N6S2-. The van der Waals surface area contributed by atoms with Gasteiger partial charge >= 0.3 is 0 Å². The van der Waals surface area contributed by atoms with E-state index in [1.807, 2.05) is 27.7 Å². The standard InChI is InChI=1S/C17H20FN3S.C13H11F2N3.C4H10S.FH/c1-10-11(2)20-21(12(10)3)15-8-16(22-17(4,5)6)13(9-19)7-14(15)18;1-7-8(2)17-18(9(7)3)13-5-11(14)10(6-16)4-12(13)15;1-4(2,3)5;/h7-8H,1-6H3;4-5H,1-3H3;5H,1-3H3;1H/p-1. The molecule has 0 unspecified atom stereocenters. The molecule has 2 aromatic carbocycles. The van der Waals surface area contributed by atoms with Crippen LogP contribution in [0.4, 0.5) is 13.2 Å². The summed E-state index contributed by atoms with van der Waals surface area (Å²) in [7, 11) is 0. The van der Waals surface area contributed by atoms with E-state index in [4.69, 9.17) is 5.26 Å². The van der Waals surface area contributed by atoms with Crippen LogP contribution < -0.4 is 4.70 Å². The number of aryl methyl sites for hydroxylation is 2. The molecule has 0 aliphatic rings. The molecule has 2 heterocycles. The van der Waals surface area contributed by atoms with Gasteiger partial charge in [-0.1, -0.05) is 41.5 Å². The Morgan fingerprint density at radius 1 is 0.674 bits per heavy atom. The Morgan fingerprint density at radius 3 is 1.37 bits per heavy atom. The first kappa shape index (κ1) is 40.3. The summed E-state index contributed by atoms with van der Waals surface area (Å²) in [5, 5.41) is 26.5. The maximum atomic E-state index is 14.4. The highest BCUT2D eigenvalue weighted by Crippen LogP contribution is 2.36. The molecule has 0 saturated carbocycles. The van der Waals surface area contributed by atoms with Gasteiger partial charge in [0.05, 0.1) is 22.5 Å². The third kappa shape index (κ3) is 10.4. The molecule has 0 bridgehead atoms. The number of thioether (sulfide) groups is 1. The van der Waals surface area contributed by atoms with Crippen molar-refractivity contribution in [3.8, 4) is 23.5 Å². The maximum Gasteiger partial charge on any atom is 0.150 e. The van der Waals surface area contributed by atoms with E-state index >= 15 is 0 Å². The maximum absolute atomic E-state index is 14.4. The molecule has 0 fully saturated rings. The summed E-state index contributed by atoms with van der Waals surface area (Å²) < 4.78 is 44.9. The second-order valence-electron chi connectivity index (χ2n) is 12.6. The summed E-state index contributed by atoms with van der Waals surface area (Å²) in [6.07, 6.45) is 0. The van der Waals surface area contributed by atoms with Crippen LogP contribution in [-0.2, 0) is 0 Å². The van der Waals surface area contributed by atoms with Crippen molar-refractivity contribution >= 4 is 24.4 Å². The van der Waals surface area contributed by atoms with Gasteiger partial charge in [0.1, 0.15) is 41.0 Å². The number of benzene rings is 2. The molecule has 0 radical (unpaired) electrons. The van der Waals surface area contributed by atoms with Gasteiger partial charge in [0, 0.05) is 31.8 Å². The second kappa shape index (κ2) is 15.7. The van der Waals surface area contributed by atoms with Gasteiger partial charge in [-0.2, -0.15) is 33.3 Å². The fourth-order valence-corrected chi connectivity index (χ4v) is 4.95. The SMILES string of the molecule is CC(C)(C)S.Cc1nn(-c2cc(F)c(C#N)cc2F)c(C)c1C.Cc1nn(-c2cc(SC(C)(C)C)c(C#N)cc2F)c(C)c1C.[F-]. The predicted molar refractivity (Wildman–Crippen MR) is 179 cm³/mol. The highest BCUT2D eigenvalue weighted by molar-refractivity contribution is 8.00. The number of thiol groups is 1. The zero-order valence-corrected chi connectivity index (χ0v) is 30.1. The van der Waals surface area contributed by atoms with E-state index in [1.165, 1.54) is 10.7 Å². The van der Waals surface area contributed by atoms with E-state index in [0.717, 1.165) is 50.9 Å². The lowest BCUT2D eigenvalue weighted by Gasteiger charge is -2.19. The van der Waals surface area contributed by atoms with Crippen LogP contribution in [0.15, 0.2) is 29.2 Å². The first-order valence-corrected chi connectivity index (χ1v) is 15.5. The summed E-state index contributed by atoms with van der Waals surface area (Å²) in [4.78, 5) is 0.775. The highest BCUT2D eigenvalue weighted by atomic mass is 32.2. The van der Waals surface area contributed by atoms with E-state index in [9.17, 15) is 18.4 Å². The van der Waals surface area contributed by atoms with Gasteiger partial charge in [-0.25, -0.2) is 22.5 Å². The van der Waals surface area contributed by atoms with E-state index in [1.54, 1.807) is 42.4 Å². The highest BCUT2D eigenvalue weighted by Gasteiger charge is 2.20. The molecule has 46 heavy (non-hydrogen) atoms. The Bertz CT molecular complexity index is 1780. The van der Waals surface area contributed by atoms with Crippen LogP contribution in [0.2, 0.25) is 0 Å². The van der Waals surface area contributed by atoms with Gasteiger partial charge in [0.2, 0.25) is 0 Å². The summed E-state index contributed by atoms with van der Waals surface area (Å²) in [5.74, 6) is -1.85. The summed E-state index contributed by atoms with van der Waals surface area (Å²) in [6.45, 7) is 23.6. The van der Waals surface area contributed by atoms with Gasteiger partial charge in [-0.3, -0.25) is 0 Å². The third-order valence-electron chi connectivity index (χ3n) is 6.51. The minimum Gasteiger partial charge on any atom is -1.00 e. The molecule has 4 aromatic rings. The van der Waals surface area contributed by atoms with Gasteiger partial charge in [-0.05, 0) is 70.9 Å². The van der Waals surface area contributed by atoms with Gasteiger partial charge in [-0.15, -0.1) is 11.8 Å². The van der Waals surface area contributed by atoms with E-state index in [2.05, 4.69) is 70.4 Å². The van der Waals surface area contributed by atoms with Crippen molar-refractivity contribution < 1.29 is 17.9 Å². The molecule has 0 atom stereocenters. The number of halogens is 4. The predicted octanol–water partition coefficient (Wildman–Crippen LogP) is 6.37. The summed E-state index contributed by atoms with van der Waals surface area (Å²) in [5.41, 5.74) is 5.73. The minimum atomic E-state index is -0.751. The van der Waals surface area contributed by atoms with Crippen LogP contribution in [0.5, 0.6) is 0 Å². The molecule has 0 N–H and O–H groups in total. The van der Waals surface area contributed by atoms with Gasteiger partial charge in [0.15, 0.2) is 0 Å². The second-order valence-corrected chi connectivity index (χ2v) is 15.8. The smallest absolute Gasteiger partial charge is 0.150 e. The molecule has 12 heteroatoms. The van der Waals surface area contributed by atoms with Crippen LogP contribution >= 0.6 is 24.4 Å². The summed E-state index contributed by atoms with van der Waals surface area (Å²) >= 11 is 5.68. The fourth-order valence-electron chi connectivity index (χ4n) is 3.90. The average molecular weight is 674 g/mol. The number of hydrogen-bond donors (Lipinski definition) is 1. The first-order valence-electron chi connectivity index (χ1n) is 14.2. The molecule has 6 nitrogen and oxygen atoms in total. The number of nitrogens with zero attached hydrogens (tertiary/aromatic N) is 6. The van der Waals surface area contributed by atoms with E-state index in [-0.39, 0.29) is 25.4 Å². The molecule has 2 aromatic heterocycles. The van der Waals surface area contributed by atoms with Gasteiger partial charge < -0.3 is 4.70 Å². The molecule has 0 aliphatic carbocycles. The molecule has 248 valence electrons. The van der Waals surface area contributed by atoms with Crippen LogP contribution in [-0.4, -0.2) is 29.1 Å². The average Bonchev–Trinajstić information content (AvgIpc) is 3.32. The molecule has 0 aliphatic heterocycles. The third-order valence-corrected chi connectivity index (χ3v) is 7.68. The van der Waals surface area contributed by atoms with Crippen molar-refractivity contribution in [2.75, 3.05) is 0 Å². The van der Waals surface area contributed by atoms with Crippen LogP contribution in [0, 0.1) is 81.7 Å². The Balaban J connectivity index is 0.000000399. The Hall–Kier alpha value is -3.74. The lowest BCUT2D eigenvalue weighted by Crippen LogP contribution is -3.00. The first-order chi connectivity index (χ1) is 20.6. The van der Waals surface area contributed by atoms with Crippen LogP contribution in [0.25, 0.3) is 11.4 Å². The van der Waals surface area contributed by atoms with Crippen molar-refractivity contribution in [2.24, 2.45) is 0 Å². The van der Waals surface area contributed by atoms with Crippen LogP contribution in [0.3, 0.4) is 0 Å². The molecule has 0 saturated heterocycles. The number of hydrogen-bond acceptors (Lipinski definition) is 6. The minimum absolute atomic E-state index is 0. The molecule has 0 amide bonds. The van der Waals surface area contributed by atoms with E-state index in [0.29, 0.717) is 11.3 Å². The molecule has 4 rings (SSSR count). The van der Waals surface area contributed by atoms with E-state index < -0.39 is 17.5 Å². The Labute approximate surface area is 279 Å². The Morgan fingerprint density at radius 2 is 1.04 bits per heavy atom. The zero-order valence-electron chi connectivity index (χ0n) is 28.4. The number of rotatable bonds is 3. The number of nitriles is 2. The van der Waals surface area contributed by atoms with Crippen molar-refractivity contribution in [1.29, 1.82) is 10.5 Å². The van der Waals surface area contributed by atoms with Gasteiger partial charge in [0.25, 0.3) is 0 Å². The lowest BCUT2D eigenvalue weighted by molar-refractivity contribution is -0.0000125. The topological polar surface area (TPSA) is 83.2 Å². The van der Waals surface area contributed by atoms with Crippen LogP contribution in [0.1, 0.15) is 86.6 Å². The number of aromatic nitrogens is 4. The summed E-state index contributed by atoms with van der Waals surface area (Å²) in [6, 6.07) is 8.58.